The normalized spacial score (nSPS) is 9.74. The minimum absolute atomic E-state index is 0.0277. The van der Waals surface area contributed by atoms with Crippen LogP contribution in [0.3, 0.4) is 0 Å². The van der Waals surface area contributed by atoms with Crippen LogP contribution in [0.1, 0.15) is 13.8 Å². The number of carbonyl (C=O) groups excluding carboxylic acids is 1. The molecule has 1 aromatic rings. The first-order chi connectivity index (χ1) is 9.00. The second-order valence-electron chi connectivity index (χ2n) is 4.09. The summed E-state index contributed by atoms with van der Waals surface area (Å²) in [6, 6.07) is 3.05. The molecule has 1 amide bonds. The molecule has 0 aliphatic heterocycles. The molecule has 0 saturated carbocycles. The zero-order valence-electron chi connectivity index (χ0n) is 10.8. The van der Waals surface area contributed by atoms with E-state index < -0.39 is 11.6 Å². The van der Waals surface area contributed by atoms with E-state index in [0.717, 1.165) is 12.1 Å². The van der Waals surface area contributed by atoms with Crippen molar-refractivity contribution in [2.24, 2.45) is 5.92 Å². The van der Waals surface area contributed by atoms with E-state index in [0.29, 0.717) is 0 Å². The number of hydrogen-bond donors (Lipinski definition) is 1. The first kappa shape index (κ1) is 15.0. The van der Waals surface area contributed by atoms with Crippen molar-refractivity contribution in [2.45, 2.75) is 13.8 Å². The zero-order valence-corrected chi connectivity index (χ0v) is 10.8. The second kappa shape index (κ2) is 7.37. The van der Waals surface area contributed by atoms with Gasteiger partial charge in [-0.1, -0.05) is 25.7 Å². The Morgan fingerprint density at radius 2 is 2.11 bits per heavy atom. The van der Waals surface area contributed by atoms with Gasteiger partial charge in [-0.05, 0) is 12.1 Å². The Hall–Kier alpha value is -2.09. The summed E-state index contributed by atoms with van der Waals surface area (Å²) in [6.45, 7) is 3.75. The molecule has 0 radical (unpaired) electrons. The van der Waals surface area contributed by atoms with Crippen LogP contribution >= 0.6 is 0 Å². The van der Waals surface area contributed by atoms with Gasteiger partial charge in [-0.25, -0.2) is 8.78 Å². The number of ether oxygens (including phenoxy) is 1. The number of carbonyl (C=O) groups is 1. The van der Waals surface area contributed by atoms with Gasteiger partial charge in [-0.2, -0.15) is 0 Å². The molecule has 1 rings (SSSR count). The number of amides is 1. The maximum atomic E-state index is 13.2. The topological polar surface area (TPSA) is 38.3 Å². The largest absolute Gasteiger partial charge is 0.478 e. The second-order valence-corrected chi connectivity index (χ2v) is 4.09. The fourth-order valence-corrected chi connectivity index (χ4v) is 1.16. The molecule has 0 aromatic heterocycles. The Morgan fingerprint density at radius 1 is 1.37 bits per heavy atom. The molecule has 1 N–H and O–H groups in total. The standard InChI is InChI=1S/C14H15F2NO2/c1-10(2)14(18)17-7-3-4-8-19-13-6-5-11(15)9-12(13)16/h5-6,9-10H,7-8H2,1-2H3,(H,17,18). The average molecular weight is 267 g/mol. The summed E-state index contributed by atoms with van der Waals surface area (Å²) < 4.78 is 30.8. The smallest absolute Gasteiger partial charge is 0.223 e. The lowest BCUT2D eigenvalue weighted by molar-refractivity contribution is -0.123. The first-order valence-electron chi connectivity index (χ1n) is 5.82. The highest BCUT2D eigenvalue weighted by Gasteiger charge is 2.04. The third-order valence-electron chi connectivity index (χ3n) is 2.19. The summed E-state index contributed by atoms with van der Waals surface area (Å²) in [5, 5.41) is 2.61. The van der Waals surface area contributed by atoms with Crippen LogP contribution in [-0.4, -0.2) is 19.1 Å². The number of nitrogens with one attached hydrogen (secondary N) is 1. The highest BCUT2D eigenvalue weighted by molar-refractivity contribution is 5.78. The molecule has 1 aromatic carbocycles. The van der Waals surface area contributed by atoms with E-state index in [2.05, 4.69) is 17.2 Å². The van der Waals surface area contributed by atoms with E-state index in [1.807, 2.05) is 0 Å². The molecule has 0 saturated heterocycles. The fourth-order valence-electron chi connectivity index (χ4n) is 1.16. The Balaban J connectivity index is 2.33. The fraction of sp³-hybridized carbons (Fsp3) is 0.357. The third kappa shape index (κ3) is 5.38. The van der Waals surface area contributed by atoms with E-state index in [1.54, 1.807) is 13.8 Å². The van der Waals surface area contributed by atoms with Crippen molar-refractivity contribution in [3.63, 3.8) is 0 Å². The van der Waals surface area contributed by atoms with Crippen LogP contribution in [0.25, 0.3) is 0 Å². The molecule has 0 atom stereocenters. The Bertz CT molecular complexity index is 504. The summed E-state index contributed by atoms with van der Waals surface area (Å²) in [7, 11) is 0. The van der Waals surface area contributed by atoms with E-state index in [1.165, 1.54) is 6.07 Å². The molecule has 19 heavy (non-hydrogen) atoms. The first-order valence-corrected chi connectivity index (χ1v) is 5.82. The zero-order chi connectivity index (χ0) is 14.3. The summed E-state index contributed by atoms with van der Waals surface area (Å²) >= 11 is 0. The minimum Gasteiger partial charge on any atom is -0.478 e. The van der Waals surface area contributed by atoms with Crippen LogP contribution in [-0.2, 0) is 4.79 Å². The minimum atomic E-state index is -0.769. The van der Waals surface area contributed by atoms with Gasteiger partial charge in [0.1, 0.15) is 12.4 Å². The lowest BCUT2D eigenvalue weighted by Gasteiger charge is -2.03. The van der Waals surface area contributed by atoms with Crippen LogP contribution in [0.15, 0.2) is 18.2 Å². The van der Waals surface area contributed by atoms with Crippen LogP contribution in [0.5, 0.6) is 5.75 Å². The number of hydrogen-bond acceptors (Lipinski definition) is 2. The van der Waals surface area contributed by atoms with Crippen molar-refractivity contribution in [3.05, 3.63) is 29.8 Å². The maximum Gasteiger partial charge on any atom is 0.223 e. The lowest BCUT2D eigenvalue weighted by Crippen LogP contribution is -2.27. The van der Waals surface area contributed by atoms with Gasteiger partial charge in [0.05, 0.1) is 6.54 Å². The molecular formula is C14H15F2NO2. The number of benzene rings is 1. The highest BCUT2D eigenvalue weighted by atomic mass is 19.1. The van der Waals surface area contributed by atoms with Gasteiger partial charge in [0, 0.05) is 12.0 Å². The Kier molecular flexibility index (Phi) is 5.80. The van der Waals surface area contributed by atoms with Gasteiger partial charge >= 0.3 is 0 Å². The van der Waals surface area contributed by atoms with E-state index in [4.69, 9.17) is 4.74 Å². The molecule has 0 aliphatic carbocycles. The van der Waals surface area contributed by atoms with Crippen LogP contribution < -0.4 is 10.1 Å². The molecule has 3 nitrogen and oxygen atoms in total. The Morgan fingerprint density at radius 3 is 2.74 bits per heavy atom. The summed E-state index contributed by atoms with van der Waals surface area (Å²) in [6.07, 6.45) is 0. The van der Waals surface area contributed by atoms with Gasteiger partial charge in [0.2, 0.25) is 5.91 Å². The van der Waals surface area contributed by atoms with E-state index >= 15 is 0 Å². The average Bonchev–Trinajstić information content (AvgIpc) is 2.35. The summed E-state index contributed by atoms with van der Waals surface area (Å²) in [5.41, 5.74) is 0. The van der Waals surface area contributed by atoms with Crippen molar-refractivity contribution in [3.8, 4) is 17.6 Å². The van der Waals surface area contributed by atoms with Gasteiger partial charge in [0.25, 0.3) is 0 Å². The van der Waals surface area contributed by atoms with Crippen molar-refractivity contribution in [1.82, 2.24) is 5.32 Å². The van der Waals surface area contributed by atoms with E-state index in [-0.39, 0.29) is 30.7 Å². The Labute approximate surface area is 111 Å². The van der Waals surface area contributed by atoms with Crippen molar-refractivity contribution in [2.75, 3.05) is 13.2 Å². The molecule has 0 aliphatic rings. The monoisotopic (exact) mass is 267 g/mol. The quantitative estimate of drug-likeness (QED) is 0.849. The number of halogens is 2. The van der Waals surface area contributed by atoms with Gasteiger partial charge < -0.3 is 10.1 Å². The van der Waals surface area contributed by atoms with Crippen molar-refractivity contribution >= 4 is 5.91 Å². The highest BCUT2D eigenvalue weighted by Crippen LogP contribution is 2.16. The van der Waals surface area contributed by atoms with Gasteiger partial charge in [-0.15, -0.1) is 0 Å². The third-order valence-corrected chi connectivity index (χ3v) is 2.19. The van der Waals surface area contributed by atoms with Crippen LogP contribution in [0, 0.1) is 29.4 Å². The summed E-state index contributed by atoms with van der Waals surface area (Å²) in [5.74, 6) is 3.63. The summed E-state index contributed by atoms with van der Waals surface area (Å²) in [4.78, 5) is 11.2. The number of rotatable bonds is 4. The maximum absolute atomic E-state index is 13.2. The molecule has 0 fully saturated rings. The predicted molar refractivity (Wildman–Crippen MR) is 67.5 cm³/mol. The molecule has 102 valence electrons. The molecule has 0 spiro atoms. The van der Waals surface area contributed by atoms with Crippen molar-refractivity contribution < 1.29 is 18.3 Å². The molecule has 0 bridgehead atoms. The predicted octanol–water partition coefficient (Wildman–Crippen LogP) is 2.12. The van der Waals surface area contributed by atoms with Gasteiger partial charge in [-0.3, -0.25) is 4.79 Å². The SMILES string of the molecule is CC(C)C(=O)NCC#CCOc1ccc(F)cc1F. The molecule has 0 unspecified atom stereocenters. The van der Waals surface area contributed by atoms with Crippen molar-refractivity contribution in [1.29, 1.82) is 0 Å². The van der Waals surface area contributed by atoms with Crippen LogP contribution in [0.4, 0.5) is 8.78 Å². The van der Waals surface area contributed by atoms with Gasteiger partial charge in [0.15, 0.2) is 11.6 Å². The van der Waals surface area contributed by atoms with E-state index in [9.17, 15) is 13.6 Å². The molecule has 0 heterocycles. The molecular weight excluding hydrogens is 252 g/mol. The van der Waals surface area contributed by atoms with Crippen LogP contribution in [0.2, 0.25) is 0 Å². The molecule has 5 heteroatoms. The lowest BCUT2D eigenvalue weighted by atomic mass is 10.2.